The molecular formula is C12H23N3OS2. The van der Waals surface area contributed by atoms with Crippen molar-refractivity contribution >= 4 is 23.1 Å². The summed E-state index contributed by atoms with van der Waals surface area (Å²) < 4.78 is 1.03. The van der Waals surface area contributed by atoms with Crippen molar-refractivity contribution in [2.45, 2.75) is 56.0 Å². The Labute approximate surface area is 118 Å². The van der Waals surface area contributed by atoms with Gasteiger partial charge in [0.05, 0.1) is 6.61 Å². The van der Waals surface area contributed by atoms with Gasteiger partial charge in [-0.2, -0.15) is 0 Å². The van der Waals surface area contributed by atoms with Crippen molar-refractivity contribution in [3.63, 3.8) is 0 Å². The second kappa shape index (κ2) is 8.09. The molecule has 0 saturated carbocycles. The molecule has 0 fully saturated rings. The maximum absolute atomic E-state index is 9.62. The Morgan fingerprint density at radius 1 is 1.56 bits per heavy atom. The second-order valence-electron chi connectivity index (χ2n) is 4.75. The van der Waals surface area contributed by atoms with Gasteiger partial charge in [0.15, 0.2) is 4.34 Å². The smallest absolute Gasteiger partial charge is 0.174 e. The van der Waals surface area contributed by atoms with E-state index in [0.29, 0.717) is 6.04 Å². The Morgan fingerprint density at radius 3 is 2.83 bits per heavy atom. The zero-order valence-corrected chi connectivity index (χ0v) is 13.0. The highest BCUT2D eigenvalue weighted by atomic mass is 32.2. The van der Waals surface area contributed by atoms with Crippen LogP contribution in [-0.4, -0.2) is 39.2 Å². The predicted molar refractivity (Wildman–Crippen MR) is 78.2 cm³/mol. The Morgan fingerprint density at radius 2 is 2.33 bits per heavy atom. The molecule has 4 nitrogen and oxygen atoms in total. The van der Waals surface area contributed by atoms with E-state index in [9.17, 15) is 5.11 Å². The molecule has 0 spiro atoms. The summed E-state index contributed by atoms with van der Waals surface area (Å²) in [5, 5.41) is 20.9. The minimum Gasteiger partial charge on any atom is -0.394 e. The van der Waals surface area contributed by atoms with Crippen molar-refractivity contribution in [1.29, 1.82) is 0 Å². The average Bonchev–Trinajstić information content (AvgIpc) is 2.85. The Bertz CT molecular complexity index is 313. The first-order valence-corrected chi connectivity index (χ1v) is 8.26. The summed E-state index contributed by atoms with van der Waals surface area (Å²) in [6.07, 6.45) is 3.01. The summed E-state index contributed by atoms with van der Waals surface area (Å²) in [7, 11) is 0. The predicted octanol–water partition coefficient (Wildman–Crippen LogP) is 2.55. The van der Waals surface area contributed by atoms with Gasteiger partial charge in [0.1, 0.15) is 5.51 Å². The van der Waals surface area contributed by atoms with Crippen molar-refractivity contribution in [3.8, 4) is 0 Å². The van der Waals surface area contributed by atoms with Crippen LogP contribution in [0.1, 0.15) is 40.0 Å². The maximum atomic E-state index is 9.62. The first-order valence-electron chi connectivity index (χ1n) is 6.39. The lowest BCUT2D eigenvalue weighted by molar-refractivity contribution is 0.137. The molecule has 0 aliphatic rings. The van der Waals surface area contributed by atoms with Crippen LogP contribution in [0.4, 0.5) is 0 Å². The molecule has 18 heavy (non-hydrogen) atoms. The van der Waals surface area contributed by atoms with Gasteiger partial charge in [0, 0.05) is 17.3 Å². The zero-order valence-electron chi connectivity index (χ0n) is 11.3. The Hall–Kier alpha value is -0.170. The van der Waals surface area contributed by atoms with E-state index in [1.807, 2.05) is 0 Å². The molecule has 104 valence electrons. The molecule has 0 radical (unpaired) electrons. The highest BCUT2D eigenvalue weighted by molar-refractivity contribution is 8.00. The standard InChI is InChI=1S/C12H23N3OS2/c1-4-12(8-16,14-10(2)3)6-5-7-17-11-15-13-9-18-11/h9-10,14,16H,4-8H2,1-3H3. The average molecular weight is 289 g/mol. The number of aromatic nitrogens is 2. The molecule has 1 aromatic rings. The first-order chi connectivity index (χ1) is 8.62. The van der Waals surface area contributed by atoms with E-state index in [1.165, 1.54) is 0 Å². The van der Waals surface area contributed by atoms with Crippen LogP contribution in [0.2, 0.25) is 0 Å². The SMILES string of the molecule is CCC(CO)(CCCSc1nncs1)NC(C)C. The van der Waals surface area contributed by atoms with Crippen molar-refractivity contribution < 1.29 is 5.11 Å². The van der Waals surface area contributed by atoms with E-state index < -0.39 is 0 Å². The lowest BCUT2D eigenvalue weighted by Crippen LogP contribution is -2.51. The fourth-order valence-corrected chi connectivity index (χ4v) is 3.49. The number of hydrogen-bond donors (Lipinski definition) is 2. The zero-order chi connectivity index (χ0) is 13.4. The second-order valence-corrected chi connectivity index (χ2v) is 6.92. The minimum absolute atomic E-state index is 0.129. The molecule has 0 amide bonds. The van der Waals surface area contributed by atoms with Crippen molar-refractivity contribution in [2.24, 2.45) is 0 Å². The van der Waals surface area contributed by atoms with Crippen molar-refractivity contribution in [2.75, 3.05) is 12.4 Å². The third kappa shape index (κ3) is 5.22. The van der Waals surface area contributed by atoms with Crippen molar-refractivity contribution in [3.05, 3.63) is 5.51 Å². The number of rotatable bonds is 9. The summed E-state index contributed by atoms with van der Waals surface area (Å²) in [5.74, 6) is 1.02. The lowest BCUT2D eigenvalue weighted by atomic mass is 9.91. The van der Waals surface area contributed by atoms with E-state index in [1.54, 1.807) is 28.6 Å². The van der Waals surface area contributed by atoms with Crippen LogP contribution < -0.4 is 5.32 Å². The van der Waals surface area contributed by atoms with Gasteiger partial charge in [-0.15, -0.1) is 10.2 Å². The molecule has 2 N–H and O–H groups in total. The molecule has 1 atom stereocenters. The van der Waals surface area contributed by atoms with Crippen LogP contribution in [0.3, 0.4) is 0 Å². The number of aliphatic hydroxyl groups excluding tert-OH is 1. The molecule has 1 rings (SSSR count). The Balaban J connectivity index is 2.33. The van der Waals surface area contributed by atoms with E-state index in [2.05, 4.69) is 36.3 Å². The monoisotopic (exact) mass is 289 g/mol. The molecule has 0 saturated heterocycles. The third-order valence-corrected chi connectivity index (χ3v) is 4.89. The molecule has 1 aromatic heterocycles. The van der Waals surface area contributed by atoms with Gasteiger partial charge in [0.2, 0.25) is 0 Å². The lowest BCUT2D eigenvalue weighted by Gasteiger charge is -2.34. The molecule has 6 heteroatoms. The number of nitrogens with zero attached hydrogens (tertiary/aromatic N) is 2. The van der Waals surface area contributed by atoms with Crippen LogP contribution in [0.15, 0.2) is 9.85 Å². The van der Waals surface area contributed by atoms with Gasteiger partial charge in [-0.25, -0.2) is 0 Å². The van der Waals surface area contributed by atoms with Gasteiger partial charge >= 0.3 is 0 Å². The number of hydrogen-bond acceptors (Lipinski definition) is 6. The van der Waals surface area contributed by atoms with E-state index in [4.69, 9.17) is 0 Å². The number of nitrogens with one attached hydrogen (secondary N) is 1. The van der Waals surface area contributed by atoms with Gasteiger partial charge < -0.3 is 10.4 Å². The fourth-order valence-electron chi connectivity index (χ4n) is 2.00. The van der Waals surface area contributed by atoms with Gasteiger partial charge in [-0.05, 0) is 19.3 Å². The van der Waals surface area contributed by atoms with Crippen LogP contribution in [0.25, 0.3) is 0 Å². The molecular weight excluding hydrogens is 266 g/mol. The topological polar surface area (TPSA) is 58.0 Å². The summed E-state index contributed by atoms with van der Waals surface area (Å²) in [6, 6.07) is 0.396. The molecule has 0 aliphatic heterocycles. The first kappa shape index (κ1) is 15.9. The summed E-state index contributed by atoms with van der Waals surface area (Å²) >= 11 is 3.32. The quantitative estimate of drug-likeness (QED) is 0.540. The molecule has 0 aliphatic carbocycles. The maximum Gasteiger partial charge on any atom is 0.174 e. The summed E-state index contributed by atoms with van der Waals surface area (Å²) in [6.45, 7) is 6.57. The van der Waals surface area contributed by atoms with Crippen LogP contribution >= 0.6 is 23.1 Å². The summed E-state index contributed by atoms with van der Waals surface area (Å²) in [5.41, 5.74) is 1.63. The highest BCUT2D eigenvalue weighted by Crippen LogP contribution is 2.24. The van der Waals surface area contributed by atoms with Crippen LogP contribution in [-0.2, 0) is 0 Å². The van der Waals surface area contributed by atoms with Gasteiger partial charge in [0.25, 0.3) is 0 Å². The summed E-state index contributed by atoms with van der Waals surface area (Å²) in [4.78, 5) is 0. The van der Waals surface area contributed by atoms with Crippen LogP contribution in [0.5, 0.6) is 0 Å². The molecule has 0 aromatic carbocycles. The fraction of sp³-hybridized carbons (Fsp3) is 0.833. The van der Waals surface area contributed by atoms with Crippen LogP contribution in [0, 0.1) is 0 Å². The van der Waals surface area contributed by atoms with E-state index in [-0.39, 0.29) is 12.1 Å². The van der Waals surface area contributed by atoms with Gasteiger partial charge in [-0.3, -0.25) is 0 Å². The van der Waals surface area contributed by atoms with E-state index in [0.717, 1.165) is 29.4 Å². The third-order valence-electron chi connectivity index (χ3n) is 2.94. The van der Waals surface area contributed by atoms with Gasteiger partial charge in [-0.1, -0.05) is 43.9 Å². The normalized spacial score (nSPS) is 14.9. The molecule has 0 bridgehead atoms. The van der Waals surface area contributed by atoms with E-state index >= 15 is 0 Å². The number of thioether (sulfide) groups is 1. The van der Waals surface area contributed by atoms with Crippen molar-refractivity contribution in [1.82, 2.24) is 15.5 Å². The largest absolute Gasteiger partial charge is 0.394 e. The number of aliphatic hydroxyl groups is 1. The highest BCUT2D eigenvalue weighted by Gasteiger charge is 2.27. The molecule has 1 heterocycles. The minimum atomic E-state index is -0.129. The Kier molecular flexibility index (Phi) is 7.14. The molecule has 1 unspecified atom stereocenters.